The molecule has 10 nitrogen and oxygen atoms in total. The molecule has 0 amide bonds. The smallest absolute Gasteiger partial charge is 0.457 e. The van der Waals surface area contributed by atoms with Crippen LogP contribution in [0.3, 0.4) is 0 Å². The van der Waals surface area contributed by atoms with Crippen molar-refractivity contribution in [3.05, 3.63) is 106 Å². The maximum atomic E-state index is 9.56. The highest BCUT2D eigenvalue weighted by atomic mass is 16.5. The Morgan fingerprint density at radius 2 is 0.881 bits per heavy atom. The molecular weight excluding hydrogens is 534 g/mol. The first kappa shape index (κ1) is 28.0. The fourth-order valence-corrected chi connectivity index (χ4v) is 4.37. The Labute approximate surface area is 241 Å². The maximum absolute atomic E-state index is 9.56. The highest BCUT2D eigenvalue weighted by Gasteiger charge is 2.28. The highest BCUT2D eigenvalue weighted by Crippen LogP contribution is 2.27. The Bertz CT molecular complexity index is 1720. The number of hydrogen-bond acceptors (Lipinski definition) is 10. The first-order valence-electron chi connectivity index (χ1n) is 12.5. The quantitative estimate of drug-likeness (QED) is 0.359. The van der Waals surface area contributed by atoms with Gasteiger partial charge in [-0.2, -0.15) is 21.0 Å². The summed E-state index contributed by atoms with van der Waals surface area (Å²) >= 11 is 0. The van der Waals surface area contributed by atoms with Crippen LogP contribution in [0.2, 0.25) is 0 Å². The van der Waals surface area contributed by atoms with Crippen LogP contribution in [-0.2, 0) is 22.5 Å². The molecule has 4 aromatic rings. The minimum absolute atomic E-state index is 0.273. The van der Waals surface area contributed by atoms with Crippen molar-refractivity contribution in [2.24, 2.45) is 0 Å². The number of nitrogens with zero attached hydrogens (tertiary/aromatic N) is 4. The lowest BCUT2D eigenvalue weighted by Gasteiger charge is -2.08. The lowest BCUT2D eigenvalue weighted by atomic mass is 9.79. The molecule has 0 atom stereocenters. The van der Waals surface area contributed by atoms with Gasteiger partial charge in [-0.1, -0.05) is 12.1 Å². The molecule has 0 fully saturated rings. The third-order valence-corrected chi connectivity index (χ3v) is 6.49. The first-order chi connectivity index (χ1) is 20.4. The summed E-state index contributed by atoms with van der Waals surface area (Å²) in [5.41, 5.74) is 4.39. The molecule has 200 valence electrons. The molecule has 0 saturated carbocycles. The third kappa shape index (κ3) is 5.94. The van der Waals surface area contributed by atoms with E-state index in [9.17, 15) is 10.0 Å². The molecule has 4 aromatic carbocycles. The van der Waals surface area contributed by atoms with Crippen LogP contribution < -0.4 is 20.4 Å². The SMILES string of the molecule is N#Cc1ccc(Oc2ccc3c(c2)COB3O)cc1C#N.N#Cc1ccc(Oc2ccc3c(c2)COB3O)cc1C#N. The van der Waals surface area contributed by atoms with E-state index in [1.807, 2.05) is 24.3 Å². The normalized spacial score (nSPS) is 12.4. The summed E-state index contributed by atoms with van der Waals surface area (Å²) in [4.78, 5) is 0. The summed E-state index contributed by atoms with van der Waals surface area (Å²) < 4.78 is 21.6. The maximum Gasteiger partial charge on any atom is 0.491 e. The van der Waals surface area contributed by atoms with Gasteiger partial charge < -0.3 is 28.8 Å². The van der Waals surface area contributed by atoms with Crippen molar-refractivity contribution in [2.45, 2.75) is 13.2 Å². The molecule has 0 saturated heterocycles. The van der Waals surface area contributed by atoms with E-state index in [1.54, 1.807) is 60.7 Å². The fourth-order valence-electron chi connectivity index (χ4n) is 4.37. The number of fused-ring (bicyclic) bond motifs is 2. The van der Waals surface area contributed by atoms with Gasteiger partial charge in [-0.25, -0.2) is 0 Å². The van der Waals surface area contributed by atoms with E-state index in [-0.39, 0.29) is 11.1 Å². The number of rotatable bonds is 4. The fraction of sp³-hybridized carbons (Fsp3) is 0.0667. The van der Waals surface area contributed by atoms with Crippen LogP contribution in [-0.4, -0.2) is 24.3 Å². The number of benzene rings is 4. The van der Waals surface area contributed by atoms with Crippen molar-refractivity contribution in [1.82, 2.24) is 0 Å². The molecule has 42 heavy (non-hydrogen) atoms. The largest absolute Gasteiger partial charge is 0.491 e. The van der Waals surface area contributed by atoms with Gasteiger partial charge in [0.2, 0.25) is 0 Å². The van der Waals surface area contributed by atoms with E-state index in [2.05, 4.69) is 0 Å². The summed E-state index contributed by atoms with van der Waals surface area (Å²) in [5, 5.41) is 54.9. The van der Waals surface area contributed by atoms with Gasteiger partial charge in [0.05, 0.1) is 35.5 Å². The van der Waals surface area contributed by atoms with Crippen LogP contribution in [0.4, 0.5) is 0 Å². The van der Waals surface area contributed by atoms with Gasteiger partial charge in [0.1, 0.15) is 47.3 Å². The van der Waals surface area contributed by atoms with E-state index in [0.29, 0.717) is 47.3 Å². The number of ether oxygens (including phenoxy) is 2. The van der Waals surface area contributed by atoms with Crippen LogP contribution in [0.25, 0.3) is 0 Å². The summed E-state index contributed by atoms with van der Waals surface area (Å²) in [6, 6.07) is 27.8. The van der Waals surface area contributed by atoms with Crippen molar-refractivity contribution in [1.29, 1.82) is 21.0 Å². The predicted octanol–water partition coefficient (Wildman–Crippen LogP) is 2.88. The first-order valence-corrected chi connectivity index (χ1v) is 12.5. The molecule has 12 heteroatoms. The van der Waals surface area contributed by atoms with Gasteiger partial charge >= 0.3 is 14.2 Å². The van der Waals surface area contributed by atoms with E-state index < -0.39 is 14.2 Å². The molecule has 0 spiro atoms. The van der Waals surface area contributed by atoms with Gasteiger partial charge in [-0.05, 0) is 82.7 Å². The summed E-state index contributed by atoms with van der Waals surface area (Å²) in [6.07, 6.45) is 0. The molecule has 2 heterocycles. The Balaban J connectivity index is 0.000000168. The molecular formula is C30H18B2N4O6. The van der Waals surface area contributed by atoms with Gasteiger partial charge in [0, 0.05) is 0 Å². The summed E-state index contributed by atoms with van der Waals surface area (Å²) in [6.45, 7) is 0.676. The van der Waals surface area contributed by atoms with Crippen LogP contribution in [0.15, 0.2) is 72.8 Å². The minimum atomic E-state index is -0.880. The van der Waals surface area contributed by atoms with Crippen LogP contribution in [0.5, 0.6) is 23.0 Å². The van der Waals surface area contributed by atoms with E-state index >= 15 is 0 Å². The van der Waals surface area contributed by atoms with Crippen molar-refractivity contribution in [3.63, 3.8) is 0 Å². The lowest BCUT2D eigenvalue weighted by Crippen LogP contribution is -2.27. The molecule has 0 aliphatic carbocycles. The molecule has 2 aliphatic rings. The lowest BCUT2D eigenvalue weighted by molar-refractivity contribution is 0.274. The van der Waals surface area contributed by atoms with E-state index in [4.69, 9.17) is 39.8 Å². The summed E-state index contributed by atoms with van der Waals surface area (Å²) in [7, 11) is -1.76. The van der Waals surface area contributed by atoms with Crippen LogP contribution >= 0.6 is 0 Å². The molecule has 6 rings (SSSR count). The van der Waals surface area contributed by atoms with Gasteiger partial charge in [-0.3, -0.25) is 0 Å². The zero-order chi connectivity index (χ0) is 29.6. The second-order valence-corrected chi connectivity index (χ2v) is 9.11. The topological polar surface area (TPSA) is 173 Å². The Morgan fingerprint density at radius 1 is 0.524 bits per heavy atom. The molecule has 0 unspecified atom stereocenters. The van der Waals surface area contributed by atoms with Crippen molar-refractivity contribution in [3.8, 4) is 47.3 Å². The average molecular weight is 552 g/mol. The van der Waals surface area contributed by atoms with Gasteiger partial charge in [0.15, 0.2) is 0 Å². The molecule has 2 aliphatic heterocycles. The van der Waals surface area contributed by atoms with E-state index in [0.717, 1.165) is 22.1 Å². The molecule has 0 bridgehead atoms. The zero-order valence-corrected chi connectivity index (χ0v) is 21.8. The van der Waals surface area contributed by atoms with Crippen molar-refractivity contribution >= 4 is 25.2 Å². The van der Waals surface area contributed by atoms with Crippen LogP contribution in [0.1, 0.15) is 33.4 Å². The van der Waals surface area contributed by atoms with Crippen molar-refractivity contribution in [2.75, 3.05) is 0 Å². The molecule has 2 N–H and O–H groups in total. The third-order valence-electron chi connectivity index (χ3n) is 6.49. The Kier molecular flexibility index (Phi) is 8.18. The minimum Gasteiger partial charge on any atom is -0.457 e. The van der Waals surface area contributed by atoms with Crippen molar-refractivity contribution < 1.29 is 28.8 Å². The van der Waals surface area contributed by atoms with Gasteiger partial charge in [0.25, 0.3) is 0 Å². The molecule has 0 aromatic heterocycles. The Hall–Kier alpha value is -5.59. The second-order valence-electron chi connectivity index (χ2n) is 9.11. The second kappa shape index (κ2) is 12.3. The monoisotopic (exact) mass is 552 g/mol. The van der Waals surface area contributed by atoms with E-state index in [1.165, 1.54) is 12.1 Å². The predicted molar refractivity (Wildman–Crippen MR) is 150 cm³/mol. The average Bonchev–Trinajstić information content (AvgIpc) is 3.58. The standard InChI is InChI=1S/2C15H9BN2O3/c2*17-7-10-1-2-13(5-11(10)8-18)21-14-3-4-15-12(6-14)9-20-16(15)19/h2*1-6,19H,9H2. The Morgan fingerprint density at radius 3 is 1.26 bits per heavy atom. The number of hydrogen-bond donors (Lipinski definition) is 2. The highest BCUT2D eigenvalue weighted by molar-refractivity contribution is 6.62. The summed E-state index contributed by atoms with van der Waals surface area (Å²) in [5.74, 6) is 2.12. The molecule has 0 radical (unpaired) electrons. The van der Waals surface area contributed by atoms with Crippen LogP contribution in [0, 0.1) is 45.3 Å². The number of nitriles is 4. The zero-order valence-electron chi connectivity index (χ0n) is 21.8. The van der Waals surface area contributed by atoms with Gasteiger partial charge in [-0.15, -0.1) is 0 Å².